The van der Waals surface area contributed by atoms with Crippen molar-refractivity contribution in [2.45, 2.75) is 31.5 Å². The number of fused-ring (bicyclic) bond motifs is 2. The van der Waals surface area contributed by atoms with E-state index in [1.54, 1.807) is 49.1 Å². The lowest BCUT2D eigenvalue weighted by molar-refractivity contribution is -0.145. The Hall–Kier alpha value is -2.82. The molecule has 1 amide bonds. The summed E-state index contributed by atoms with van der Waals surface area (Å²) < 4.78 is 11.6. The van der Waals surface area contributed by atoms with Crippen molar-refractivity contribution in [3.63, 3.8) is 0 Å². The summed E-state index contributed by atoms with van der Waals surface area (Å²) in [6.45, 7) is 4.39. The van der Waals surface area contributed by atoms with E-state index < -0.39 is 11.2 Å². The Kier molecular flexibility index (Phi) is 3.75. The molecule has 133 valence electrons. The third-order valence-electron chi connectivity index (χ3n) is 5.02. The third kappa shape index (κ3) is 2.64. The molecule has 1 saturated heterocycles. The van der Waals surface area contributed by atoms with Crippen LogP contribution in [0.5, 0.6) is 5.75 Å². The maximum absolute atomic E-state index is 13.1. The van der Waals surface area contributed by atoms with E-state index in [-0.39, 0.29) is 11.9 Å². The smallest absolute Gasteiger partial charge is 0.339 e. The van der Waals surface area contributed by atoms with Crippen LogP contribution in [0.1, 0.15) is 36.2 Å². The quantitative estimate of drug-likeness (QED) is 0.799. The van der Waals surface area contributed by atoms with Crippen LogP contribution in [0, 0.1) is 6.07 Å². The van der Waals surface area contributed by atoms with Crippen molar-refractivity contribution in [1.29, 1.82) is 0 Å². The predicted octanol–water partition coefficient (Wildman–Crippen LogP) is 2.94. The van der Waals surface area contributed by atoms with Gasteiger partial charge in [0.25, 0.3) is 5.91 Å². The van der Waals surface area contributed by atoms with Crippen molar-refractivity contribution < 1.29 is 19.1 Å². The van der Waals surface area contributed by atoms with Crippen LogP contribution in [-0.4, -0.2) is 35.5 Å². The van der Waals surface area contributed by atoms with Crippen molar-refractivity contribution in [2.75, 3.05) is 13.1 Å². The summed E-state index contributed by atoms with van der Waals surface area (Å²) in [6.07, 6.45) is 0.595. The maximum Gasteiger partial charge on any atom is 0.339 e. The van der Waals surface area contributed by atoms with Crippen LogP contribution in [0.2, 0.25) is 0 Å². The van der Waals surface area contributed by atoms with Gasteiger partial charge in [0.2, 0.25) is 0 Å². The molecule has 2 aromatic rings. The predicted molar refractivity (Wildman–Crippen MR) is 94.7 cm³/mol. The Labute approximate surface area is 152 Å². The summed E-state index contributed by atoms with van der Waals surface area (Å²) in [6, 6.07) is 17.4. The summed E-state index contributed by atoms with van der Waals surface area (Å²) in [4.78, 5) is 27.0. The number of carbonyl (C=O) groups excluding carboxylic acids is 2. The molecule has 2 heterocycles. The second kappa shape index (κ2) is 5.87. The molecular weight excluding hydrogens is 330 g/mol. The molecule has 4 rings (SSSR count). The Bertz CT molecular complexity index is 861. The Balaban J connectivity index is 1.54. The van der Waals surface area contributed by atoms with Gasteiger partial charge in [-0.3, -0.25) is 4.79 Å². The van der Waals surface area contributed by atoms with Gasteiger partial charge in [0, 0.05) is 18.5 Å². The van der Waals surface area contributed by atoms with Crippen LogP contribution in [0.25, 0.3) is 0 Å². The number of esters is 1. The molecule has 1 atom stereocenters. The zero-order valence-corrected chi connectivity index (χ0v) is 14.8. The minimum atomic E-state index is -1.02. The number of amides is 1. The van der Waals surface area contributed by atoms with E-state index in [0.717, 1.165) is 5.56 Å². The Morgan fingerprint density at radius 1 is 1.23 bits per heavy atom. The summed E-state index contributed by atoms with van der Waals surface area (Å²) in [5.74, 6) is 0.183. The lowest BCUT2D eigenvalue weighted by Gasteiger charge is -2.31. The van der Waals surface area contributed by atoms with Gasteiger partial charge in [-0.1, -0.05) is 30.3 Å². The highest BCUT2D eigenvalue weighted by Crippen LogP contribution is 2.43. The minimum absolute atomic E-state index is 0.123. The molecule has 5 nitrogen and oxygen atoms in total. The molecule has 0 N–H and O–H groups in total. The van der Waals surface area contributed by atoms with E-state index in [9.17, 15) is 9.59 Å². The monoisotopic (exact) mass is 350 g/mol. The third-order valence-corrected chi connectivity index (χ3v) is 5.02. The van der Waals surface area contributed by atoms with Crippen molar-refractivity contribution >= 4 is 11.9 Å². The fraction of sp³-hybridized carbons (Fsp3) is 0.333. The summed E-state index contributed by atoms with van der Waals surface area (Å²) >= 11 is 0. The number of hydrogen-bond donors (Lipinski definition) is 0. The zero-order chi connectivity index (χ0) is 18.4. The normalized spacial score (nSPS) is 21.6. The van der Waals surface area contributed by atoms with Crippen LogP contribution >= 0.6 is 0 Å². The van der Waals surface area contributed by atoms with E-state index in [1.165, 1.54) is 0 Å². The number of benzene rings is 2. The molecule has 1 unspecified atom stereocenters. The SMILES string of the molecule is CC(C)(Oc1cc[c]cc1)C(=O)N1CCC2(C1)OC(=O)c1ccccc12. The number of rotatable bonds is 3. The first kappa shape index (κ1) is 16.6. The first-order chi connectivity index (χ1) is 12.4. The molecule has 2 aromatic carbocycles. The number of likely N-dealkylation sites (tertiary alicyclic amines) is 1. The molecule has 1 spiro atoms. The molecular formula is C21H20NO4. The molecule has 0 aliphatic carbocycles. The highest BCUT2D eigenvalue weighted by Gasteiger charge is 2.52. The Morgan fingerprint density at radius 2 is 1.96 bits per heavy atom. The molecule has 5 heteroatoms. The highest BCUT2D eigenvalue weighted by atomic mass is 16.6. The van der Waals surface area contributed by atoms with Crippen LogP contribution in [0.4, 0.5) is 0 Å². The van der Waals surface area contributed by atoms with Gasteiger partial charge >= 0.3 is 5.97 Å². The van der Waals surface area contributed by atoms with Crippen molar-refractivity contribution in [3.05, 3.63) is 65.7 Å². The van der Waals surface area contributed by atoms with E-state index in [4.69, 9.17) is 9.47 Å². The highest BCUT2D eigenvalue weighted by molar-refractivity contribution is 5.95. The lowest BCUT2D eigenvalue weighted by atomic mass is 9.91. The average Bonchev–Trinajstić information content (AvgIpc) is 3.17. The second-order valence-corrected chi connectivity index (χ2v) is 7.25. The van der Waals surface area contributed by atoms with E-state index in [2.05, 4.69) is 6.07 Å². The number of ether oxygens (including phenoxy) is 2. The van der Waals surface area contributed by atoms with Gasteiger partial charge in [0.1, 0.15) is 5.75 Å². The zero-order valence-electron chi connectivity index (χ0n) is 14.8. The van der Waals surface area contributed by atoms with E-state index >= 15 is 0 Å². The number of carbonyl (C=O) groups is 2. The summed E-state index contributed by atoms with van der Waals surface area (Å²) in [5.41, 5.74) is -0.286. The van der Waals surface area contributed by atoms with Gasteiger partial charge in [-0.25, -0.2) is 4.79 Å². The first-order valence-corrected chi connectivity index (χ1v) is 8.69. The number of nitrogens with zero attached hydrogens (tertiary/aromatic N) is 1. The topological polar surface area (TPSA) is 55.8 Å². The standard InChI is InChI=1S/C21H20NO4/c1-20(2,25-15-8-4-3-5-9-15)19(24)22-13-12-21(14-22)17-11-7-6-10-16(17)18(23)26-21/h4-11H,12-14H2,1-2H3. The summed E-state index contributed by atoms with van der Waals surface area (Å²) in [5, 5.41) is 0. The summed E-state index contributed by atoms with van der Waals surface area (Å²) in [7, 11) is 0. The average molecular weight is 350 g/mol. The largest absolute Gasteiger partial charge is 0.478 e. The second-order valence-electron chi connectivity index (χ2n) is 7.25. The van der Waals surface area contributed by atoms with Crippen molar-refractivity contribution in [1.82, 2.24) is 4.90 Å². The Morgan fingerprint density at radius 3 is 2.73 bits per heavy atom. The van der Waals surface area contributed by atoms with E-state index in [1.807, 2.05) is 18.2 Å². The van der Waals surface area contributed by atoms with Gasteiger partial charge in [0.15, 0.2) is 11.2 Å². The van der Waals surface area contributed by atoms with Crippen molar-refractivity contribution in [3.8, 4) is 5.75 Å². The lowest BCUT2D eigenvalue weighted by Crippen LogP contribution is -2.49. The fourth-order valence-corrected chi connectivity index (χ4v) is 3.76. The molecule has 2 aliphatic rings. The van der Waals surface area contributed by atoms with Gasteiger partial charge in [-0.15, -0.1) is 0 Å². The first-order valence-electron chi connectivity index (χ1n) is 8.69. The number of hydrogen-bond acceptors (Lipinski definition) is 4. The maximum atomic E-state index is 13.1. The molecule has 2 aliphatic heterocycles. The molecule has 26 heavy (non-hydrogen) atoms. The van der Waals surface area contributed by atoms with Gasteiger partial charge in [0.05, 0.1) is 12.1 Å². The van der Waals surface area contributed by atoms with Crippen LogP contribution in [0.3, 0.4) is 0 Å². The van der Waals surface area contributed by atoms with Crippen LogP contribution < -0.4 is 4.74 Å². The minimum Gasteiger partial charge on any atom is -0.478 e. The fourth-order valence-electron chi connectivity index (χ4n) is 3.76. The van der Waals surface area contributed by atoms with Gasteiger partial charge < -0.3 is 14.4 Å². The molecule has 0 saturated carbocycles. The van der Waals surface area contributed by atoms with Crippen LogP contribution in [0.15, 0.2) is 48.5 Å². The molecule has 0 bridgehead atoms. The van der Waals surface area contributed by atoms with Crippen molar-refractivity contribution in [2.24, 2.45) is 0 Å². The molecule has 1 fully saturated rings. The van der Waals surface area contributed by atoms with Gasteiger partial charge in [-0.05, 0) is 38.1 Å². The van der Waals surface area contributed by atoms with E-state index in [0.29, 0.717) is 30.8 Å². The van der Waals surface area contributed by atoms with Crippen LogP contribution in [-0.2, 0) is 15.1 Å². The molecule has 0 aromatic heterocycles. The molecule has 1 radical (unpaired) electrons. The van der Waals surface area contributed by atoms with Gasteiger partial charge in [-0.2, -0.15) is 0 Å².